The van der Waals surface area contributed by atoms with Crippen molar-refractivity contribution in [1.82, 2.24) is 5.32 Å². The first-order valence-electron chi connectivity index (χ1n) is 4.73. The Labute approximate surface area is 72.2 Å². The number of nitrogens with one attached hydrogen (secondary N) is 1. The first kappa shape index (κ1) is 8.45. The van der Waals surface area contributed by atoms with Gasteiger partial charge in [0.25, 0.3) is 0 Å². The Kier molecular flexibility index (Phi) is 1.70. The van der Waals surface area contributed by atoms with E-state index in [1.165, 1.54) is 0 Å². The Morgan fingerprint density at radius 1 is 1.58 bits per heavy atom. The Bertz CT molecular complexity index is 193. The van der Waals surface area contributed by atoms with Crippen LogP contribution in [0.25, 0.3) is 0 Å². The SMILES string of the molecule is CCC1(C2(O)CC2)CC(F)CN1. The summed E-state index contributed by atoms with van der Waals surface area (Å²) in [5, 5.41) is 13.1. The van der Waals surface area contributed by atoms with E-state index >= 15 is 0 Å². The number of hydrogen-bond donors (Lipinski definition) is 2. The molecule has 1 aliphatic carbocycles. The second-order valence-corrected chi connectivity index (χ2v) is 4.15. The maximum atomic E-state index is 13.0. The lowest BCUT2D eigenvalue weighted by Crippen LogP contribution is -2.51. The van der Waals surface area contributed by atoms with Gasteiger partial charge in [-0.1, -0.05) is 6.92 Å². The van der Waals surface area contributed by atoms with Gasteiger partial charge in [0, 0.05) is 18.5 Å². The van der Waals surface area contributed by atoms with Crippen molar-refractivity contribution in [1.29, 1.82) is 0 Å². The molecule has 2 rings (SSSR count). The van der Waals surface area contributed by atoms with Crippen molar-refractivity contribution in [2.45, 2.75) is 49.9 Å². The third kappa shape index (κ3) is 0.995. The predicted octanol–water partition coefficient (Wildman–Crippen LogP) is 0.992. The molecule has 3 heteroatoms. The summed E-state index contributed by atoms with van der Waals surface area (Å²) >= 11 is 0. The maximum Gasteiger partial charge on any atom is 0.114 e. The third-order valence-electron chi connectivity index (χ3n) is 3.45. The van der Waals surface area contributed by atoms with Gasteiger partial charge in [-0.3, -0.25) is 0 Å². The molecule has 0 spiro atoms. The highest BCUT2D eigenvalue weighted by molar-refractivity contribution is 5.17. The van der Waals surface area contributed by atoms with Crippen LogP contribution in [0.5, 0.6) is 0 Å². The van der Waals surface area contributed by atoms with Crippen LogP contribution in [0.1, 0.15) is 32.6 Å². The van der Waals surface area contributed by atoms with Crippen LogP contribution in [0.4, 0.5) is 4.39 Å². The zero-order chi connectivity index (χ0) is 8.82. The molecule has 0 amide bonds. The molecule has 2 atom stereocenters. The van der Waals surface area contributed by atoms with Crippen LogP contribution in [-0.4, -0.2) is 29.0 Å². The van der Waals surface area contributed by atoms with Crippen molar-refractivity contribution in [3.63, 3.8) is 0 Å². The summed E-state index contributed by atoms with van der Waals surface area (Å²) in [6.07, 6.45) is 2.21. The molecular formula is C9H16FNO. The Hall–Kier alpha value is -0.150. The molecule has 2 aliphatic rings. The third-order valence-corrected chi connectivity index (χ3v) is 3.45. The molecule has 2 unspecified atom stereocenters. The molecule has 2 fully saturated rings. The molecule has 12 heavy (non-hydrogen) atoms. The fourth-order valence-corrected chi connectivity index (χ4v) is 2.38. The normalized spacial score (nSPS) is 44.8. The van der Waals surface area contributed by atoms with Gasteiger partial charge in [-0.05, 0) is 19.3 Å². The number of rotatable bonds is 2. The summed E-state index contributed by atoms with van der Waals surface area (Å²) in [6.45, 7) is 2.43. The Balaban J connectivity index is 2.15. The van der Waals surface area contributed by atoms with Crippen LogP contribution in [-0.2, 0) is 0 Å². The van der Waals surface area contributed by atoms with Gasteiger partial charge in [0.15, 0.2) is 0 Å². The molecule has 1 heterocycles. The smallest absolute Gasteiger partial charge is 0.114 e. The molecule has 2 nitrogen and oxygen atoms in total. The van der Waals surface area contributed by atoms with Crippen molar-refractivity contribution in [2.24, 2.45) is 0 Å². The van der Waals surface area contributed by atoms with Crippen molar-refractivity contribution in [3.8, 4) is 0 Å². The quantitative estimate of drug-likeness (QED) is 0.652. The number of hydrogen-bond acceptors (Lipinski definition) is 2. The summed E-state index contributed by atoms with van der Waals surface area (Å²) < 4.78 is 13.0. The molecule has 70 valence electrons. The molecule has 2 N–H and O–H groups in total. The summed E-state index contributed by atoms with van der Waals surface area (Å²) in [7, 11) is 0. The Morgan fingerprint density at radius 2 is 2.25 bits per heavy atom. The first-order chi connectivity index (χ1) is 5.62. The van der Waals surface area contributed by atoms with Crippen molar-refractivity contribution in [3.05, 3.63) is 0 Å². The monoisotopic (exact) mass is 173 g/mol. The molecule has 1 saturated heterocycles. The molecule has 1 aliphatic heterocycles. The summed E-state index contributed by atoms with van der Waals surface area (Å²) in [4.78, 5) is 0. The highest BCUT2D eigenvalue weighted by atomic mass is 19.1. The van der Waals surface area contributed by atoms with Gasteiger partial charge < -0.3 is 10.4 Å². The summed E-state index contributed by atoms with van der Waals surface area (Å²) in [5.41, 5.74) is -0.908. The second-order valence-electron chi connectivity index (χ2n) is 4.15. The topological polar surface area (TPSA) is 32.3 Å². The lowest BCUT2D eigenvalue weighted by Gasteiger charge is -2.33. The highest BCUT2D eigenvalue weighted by Gasteiger charge is 2.59. The number of alkyl halides is 1. The lowest BCUT2D eigenvalue weighted by atomic mass is 9.85. The molecule has 0 aromatic heterocycles. The van der Waals surface area contributed by atoms with E-state index in [0.29, 0.717) is 13.0 Å². The Morgan fingerprint density at radius 3 is 2.58 bits per heavy atom. The van der Waals surface area contributed by atoms with Gasteiger partial charge in [0.05, 0.1) is 5.60 Å². The van der Waals surface area contributed by atoms with E-state index in [1.54, 1.807) is 0 Å². The van der Waals surface area contributed by atoms with Gasteiger partial charge >= 0.3 is 0 Å². The van der Waals surface area contributed by atoms with E-state index in [4.69, 9.17) is 0 Å². The van der Waals surface area contributed by atoms with Crippen LogP contribution in [0.3, 0.4) is 0 Å². The highest BCUT2D eigenvalue weighted by Crippen LogP contribution is 2.50. The van der Waals surface area contributed by atoms with Gasteiger partial charge in [-0.15, -0.1) is 0 Å². The second kappa shape index (κ2) is 2.42. The number of halogens is 1. The molecule has 0 aromatic carbocycles. The van der Waals surface area contributed by atoms with E-state index in [2.05, 4.69) is 5.32 Å². The minimum absolute atomic E-state index is 0.313. The van der Waals surface area contributed by atoms with E-state index in [9.17, 15) is 9.50 Å². The van der Waals surface area contributed by atoms with Crippen molar-refractivity contribution >= 4 is 0 Å². The van der Waals surface area contributed by atoms with E-state index in [0.717, 1.165) is 19.3 Å². The molecule has 1 saturated carbocycles. The molecular weight excluding hydrogens is 157 g/mol. The minimum atomic E-state index is -0.769. The first-order valence-corrected chi connectivity index (χ1v) is 4.73. The van der Waals surface area contributed by atoms with E-state index < -0.39 is 11.8 Å². The minimum Gasteiger partial charge on any atom is -0.388 e. The van der Waals surface area contributed by atoms with E-state index in [-0.39, 0.29) is 5.54 Å². The van der Waals surface area contributed by atoms with Gasteiger partial charge in [0.2, 0.25) is 0 Å². The molecule has 0 aromatic rings. The van der Waals surface area contributed by atoms with Crippen molar-refractivity contribution in [2.75, 3.05) is 6.54 Å². The molecule has 0 bridgehead atoms. The van der Waals surface area contributed by atoms with E-state index in [1.807, 2.05) is 6.92 Å². The summed E-state index contributed by atoms with van der Waals surface area (Å²) in [6, 6.07) is 0. The predicted molar refractivity (Wildman–Crippen MR) is 44.7 cm³/mol. The zero-order valence-corrected chi connectivity index (χ0v) is 7.44. The largest absolute Gasteiger partial charge is 0.388 e. The fourth-order valence-electron chi connectivity index (χ4n) is 2.38. The zero-order valence-electron chi connectivity index (χ0n) is 7.44. The van der Waals surface area contributed by atoms with Crippen LogP contribution in [0.15, 0.2) is 0 Å². The van der Waals surface area contributed by atoms with Crippen LogP contribution < -0.4 is 5.32 Å². The van der Waals surface area contributed by atoms with Crippen LogP contribution in [0, 0.1) is 0 Å². The van der Waals surface area contributed by atoms with Gasteiger partial charge in [-0.2, -0.15) is 0 Å². The van der Waals surface area contributed by atoms with Crippen molar-refractivity contribution < 1.29 is 9.50 Å². The fraction of sp³-hybridized carbons (Fsp3) is 1.00. The maximum absolute atomic E-state index is 13.0. The van der Waals surface area contributed by atoms with Gasteiger partial charge in [-0.25, -0.2) is 4.39 Å². The molecule has 0 radical (unpaired) electrons. The van der Waals surface area contributed by atoms with Crippen LogP contribution in [0.2, 0.25) is 0 Å². The van der Waals surface area contributed by atoms with Gasteiger partial charge in [0.1, 0.15) is 6.17 Å². The van der Waals surface area contributed by atoms with Crippen LogP contribution >= 0.6 is 0 Å². The lowest BCUT2D eigenvalue weighted by molar-refractivity contribution is 0.0402. The average Bonchev–Trinajstić information content (AvgIpc) is 2.66. The number of aliphatic hydroxyl groups is 1. The summed E-state index contributed by atoms with van der Waals surface area (Å²) in [5.74, 6) is 0. The average molecular weight is 173 g/mol. The standard InChI is InChI=1S/C9H16FNO/c1-2-8(9(12)3-4-9)5-7(10)6-11-8/h7,11-12H,2-6H2,1H3.